The number of aromatic nitrogens is 3. The lowest BCUT2D eigenvalue weighted by atomic mass is 10.1. The Morgan fingerprint density at radius 1 is 1.33 bits per heavy atom. The zero-order valence-corrected chi connectivity index (χ0v) is 12.9. The largest absolute Gasteiger partial charge is 0.343 e. The number of hydrogen-bond acceptors (Lipinski definition) is 3. The van der Waals surface area contributed by atoms with E-state index in [-0.39, 0.29) is 11.9 Å². The molecule has 1 aromatic carbocycles. The van der Waals surface area contributed by atoms with Gasteiger partial charge in [-0.25, -0.2) is 0 Å². The summed E-state index contributed by atoms with van der Waals surface area (Å²) < 4.78 is 0.906. The van der Waals surface area contributed by atoms with E-state index in [0.717, 1.165) is 21.1 Å². The van der Waals surface area contributed by atoms with Crippen LogP contribution in [0.5, 0.6) is 0 Å². The number of pyridine rings is 1. The molecule has 106 valence electrons. The highest BCUT2D eigenvalue weighted by Gasteiger charge is 2.17. The van der Waals surface area contributed by atoms with Crippen molar-refractivity contribution in [1.82, 2.24) is 20.5 Å². The molecule has 5 nitrogen and oxygen atoms in total. The summed E-state index contributed by atoms with van der Waals surface area (Å²) in [6.07, 6.45) is 1.71. The topological polar surface area (TPSA) is 70.7 Å². The van der Waals surface area contributed by atoms with Crippen LogP contribution in [0.25, 0.3) is 10.9 Å². The number of halogens is 1. The van der Waals surface area contributed by atoms with Crippen LogP contribution in [-0.4, -0.2) is 21.1 Å². The second-order valence-corrected chi connectivity index (χ2v) is 5.63. The maximum atomic E-state index is 12.4. The molecule has 21 heavy (non-hydrogen) atoms. The predicted octanol–water partition coefficient (Wildman–Crippen LogP) is 3.21. The van der Waals surface area contributed by atoms with Gasteiger partial charge in [-0.15, -0.1) is 0 Å². The van der Waals surface area contributed by atoms with Crippen LogP contribution < -0.4 is 5.32 Å². The van der Waals surface area contributed by atoms with Gasteiger partial charge in [0.25, 0.3) is 5.91 Å². The first-order valence-electron chi connectivity index (χ1n) is 6.50. The first kappa shape index (κ1) is 13.8. The summed E-state index contributed by atoms with van der Waals surface area (Å²) in [7, 11) is 0. The number of benzene rings is 1. The fraction of sp³-hybridized carbons (Fsp3) is 0.133. The van der Waals surface area contributed by atoms with Crippen LogP contribution in [0.2, 0.25) is 0 Å². The highest BCUT2D eigenvalue weighted by molar-refractivity contribution is 9.10. The Labute approximate surface area is 129 Å². The van der Waals surface area contributed by atoms with Crippen molar-refractivity contribution in [2.75, 3.05) is 0 Å². The van der Waals surface area contributed by atoms with Gasteiger partial charge in [0.1, 0.15) is 0 Å². The van der Waals surface area contributed by atoms with Crippen molar-refractivity contribution in [1.29, 1.82) is 0 Å². The Balaban J connectivity index is 1.86. The normalized spacial score (nSPS) is 12.3. The molecule has 1 amide bonds. The molecule has 3 rings (SSSR count). The maximum absolute atomic E-state index is 12.4. The minimum atomic E-state index is -0.225. The van der Waals surface area contributed by atoms with Crippen molar-refractivity contribution in [3.63, 3.8) is 0 Å². The van der Waals surface area contributed by atoms with E-state index in [0.29, 0.717) is 5.69 Å². The van der Waals surface area contributed by atoms with Crippen molar-refractivity contribution in [3.8, 4) is 0 Å². The second kappa shape index (κ2) is 5.65. The number of rotatable bonds is 3. The number of H-pyrrole nitrogens is 1. The third-order valence-electron chi connectivity index (χ3n) is 3.22. The summed E-state index contributed by atoms with van der Waals surface area (Å²) in [5.74, 6) is -0.225. The number of nitrogens with zero attached hydrogens (tertiary/aromatic N) is 2. The zero-order chi connectivity index (χ0) is 14.8. The standard InChI is InChI=1S/C15H13BrN4O/c1-9(12-4-2-3-7-17-12)18-15(21)14-11-8-10(16)5-6-13(11)19-20-14/h2-9H,1H3,(H,18,21)(H,19,20)/t9-/m0/s1. The van der Waals surface area contributed by atoms with Crippen molar-refractivity contribution in [2.45, 2.75) is 13.0 Å². The van der Waals surface area contributed by atoms with Crippen molar-refractivity contribution in [3.05, 3.63) is 58.5 Å². The number of carbonyl (C=O) groups is 1. The molecule has 0 aliphatic rings. The van der Waals surface area contributed by atoms with E-state index >= 15 is 0 Å². The van der Waals surface area contributed by atoms with Gasteiger partial charge in [0.15, 0.2) is 5.69 Å². The number of amides is 1. The molecule has 0 spiro atoms. The highest BCUT2D eigenvalue weighted by Crippen LogP contribution is 2.21. The van der Waals surface area contributed by atoms with Gasteiger partial charge < -0.3 is 5.32 Å². The molecule has 1 atom stereocenters. The van der Waals surface area contributed by atoms with Gasteiger partial charge in [-0.1, -0.05) is 22.0 Å². The minimum absolute atomic E-state index is 0.183. The fourth-order valence-corrected chi connectivity index (χ4v) is 2.49. The molecule has 0 saturated heterocycles. The Hall–Kier alpha value is -2.21. The van der Waals surface area contributed by atoms with E-state index in [1.54, 1.807) is 6.20 Å². The first-order chi connectivity index (χ1) is 10.1. The number of nitrogens with one attached hydrogen (secondary N) is 2. The summed E-state index contributed by atoms with van der Waals surface area (Å²) in [6, 6.07) is 11.1. The molecule has 0 aliphatic heterocycles. The Morgan fingerprint density at radius 2 is 2.19 bits per heavy atom. The Morgan fingerprint density at radius 3 is 2.95 bits per heavy atom. The number of fused-ring (bicyclic) bond motifs is 1. The monoisotopic (exact) mass is 344 g/mol. The molecule has 0 radical (unpaired) electrons. The van der Waals surface area contributed by atoms with Crippen LogP contribution >= 0.6 is 15.9 Å². The van der Waals surface area contributed by atoms with Crippen LogP contribution in [-0.2, 0) is 0 Å². The molecule has 0 bridgehead atoms. The molecule has 0 unspecified atom stereocenters. The molecule has 0 aliphatic carbocycles. The van der Waals surface area contributed by atoms with Crippen LogP contribution in [0, 0.1) is 0 Å². The van der Waals surface area contributed by atoms with Gasteiger partial charge >= 0.3 is 0 Å². The van der Waals surface area contributed by atoms with Gasteiger partial charge in [0.2, 0.25) is 0 Å². The average molecular weight is 345 g/mol. The van der Waals surface area contributed by atoms with Crippen LogP contribution in [0.1, 0.15) is 29.1 Å². The van der Waals surface area contributed by atoms with Gasteiger partial charge in [-0.2, -0.15) is 5.10 Å². The van der Waals surface area contributed by atoms with Gasteiger partial charge in [0.05, 0.1) is 17.3 Å². The lowest BCUT2D eigenvalue weighted by Crippen LogP contribution is -2.27. The third-order valence-corrected chi connectivity index (χ3v) is 3.71. The van der Waals surface area contributed by atoms with Crippen LogP contribution in [0.4, 0.5) is 0 Å². The van der Waals surface area contributed by atoms with Crippen LogP contribution in [0.3, 0.4) is 0 Å². The Bertz CT molecular complexity index is 785. The van der Waals surface area contributed by atoms with Crippen LogP contribution in [0.15, 0.2) is 47.1 Å². The minimum Gasteiger partial charge on any atom is -0.343 e. The number of carbonyl (C=O) groups excluding carboxylic acids is 1. The summed E-state index contributed by atoms with van der Waals surface area (Å²) in [5, 5.41) is 10.7. The highest BCUT2D eigenvalue weighted by atomic mass is 79.9. The molecule has 2 aromatic heterocycles. The van der Waals surface area contributed by atoms with E-state index in [1.165, 1.54) is 0 Å². The fourth-order valence-electron chi connectivity index (χ4n) is 2.13. The van der Waals surface area contributed by atoms with Gasteiger partial charge in [-0.05, 0) is 37.3 Å². The Kier molecular flexibility index (Phi) is 3.70. The number of hydrogen-bond donors (Lipinski definition) is 2. The molecule has 3 aromatic rings. The summed E-state index contributed by atoms with van der Waals surface area (Å²) in [4.78, 5) is 16.6. The SMILES string of the molecule is C[C@H](NC(=O)c1n[nH]c2ccc(Br)cc12)c1ccccn1. The molecular weight excluding hydrogens is 332 g/mol. The van der Waals surface area contributed by atoms with Crippen molar-refractivity contribution < 1.29 is 4.79 Å². The molecule has 6 heteroatoms. The van der Waals surface area contributed by atoms with Crippen molar-refractivity contribution >= 4 is 32.7 Å². The summed E-state index contributed by atoms with van der Waals surface area (Å²) in [5.41, 5.74) is 2.02. The summed E-state index contributed by atoms with van der Waals surface area (Å²) in [6.45, 7) is 1.89. The van der Waals surface area contributed by atoms with E-state index in [2.05, 4.69) is 36.4 Å². The van der Waals surface area contributed by atoms with E-state index in [1.807, 2.05) is 43.3 Å². The number of aromatic amines is 1. The molecule has 0 saturated carbocycles. The second-order valence-electron chi connectivity index (χ2n) is 4.71. The van der Waals surface area contributed by atoms with Gasteiger partial charge in [0, 0.05) is 16.1 Å². The first-order valence-corrected chi connectivity index (χ1v) is 7.30. The molecule has 2 N–H and O–H groups in total. The maximum Gasteiger partial charge on any atom is 0.272 e. The summed E-state index contributed by atoms with van der Waals surface area (Å²) >= 11 is 3.40. The average Bonchev–Trinajstić information content (AvgIpc) is 2.91. The molecular formula is C15H13BrN4O. The van der Waals surface area contributed by atoms with E-state index < -0.39 is 0 Å². The predicted molar refractivity (Wildman–Crippen MR) is 83.9 cm³/mol. The smallest absolute Gasteiger partial charge is 0.272 e. The molecule has 2 heterocycles. The molecule has 0 fully saturated rings. The van der Waals surface area contributed by atoms with E-state index in [4.69, 9.17) is 0 Å². The quantitative estimate of drug-likeness (QED) is 0.766. The van der Waals surface area contributed by atoms with E-state index in [9.17, 15) is 4.79 Å². The van der Waals surface area contributed by atoms with Gasteiger partial charge in [-0.3, -0.25) is 14.9 Å². The third kappa shape index (κ3) is 2.80. The lowest BCUT2D eigenvalue weighted by Gasteiger charge is -2.12. The zero-order valence-electron chi connectivity index (χ0n) is 11.3. The van der Waals surface area contributed by atoms with Crippen molar-refractivity contribution in [2.24, 2.45) is 0 Å². The lowest BCUT2D eigenvalue weighted by molar-refractivity contribution is 0.0935.